The molecule has 2 rings (SSSR count). The van der Waals surface area contributed by atoms with Gasteiger partial charge in [-0.3, -0.25) is 4.98 Å². The number of nitriles is 1. The highest BCUT2D eigenvalue weighted by atomic mass is 15.0. The molecule has 18 heavy (non-hydrogen) atoms. The van der Waals surface area contributed by atoms with Gasteiger partial charge < -0.3 is 10.6 Å². The molecule has 2 atom stereocenters. The van der Waals surface area contributed by atoms with Gasteiger partial charge in [0.1, 0.15) is 6.07 Å². The zero-order valence-corrected chi connectivity index (χ0v) is 11.2. The van der Waals surface area contributed by atoms with Crippen molar-refractivity contribution in [3.05, 3.63) is 23.0 Å². The summed E-state index contributed by atoms with van der Waals surface area (Å²) in [7, 11) is 0. The SMILES string of the molecule is Cc1cc(NC2CCCNC2C)c(C#N)c(C)n1. The van der Waals surface area contributed by atoms with Crippen LogP contribution in [0.2, 0.25) is 0 Å². The van der Waals surface area contributed by atoms with E-state index >= 15 is 0 Å². The quantitative estimate of drug-likeness (QED) is 0.836. The van der Waals surface area contributed by atoms with E-state index in [1.165, 1.54) is 6.42 Å². The normalized spacial score (nSPS) is 23.4. The summed E-state index contributed by atoms with van der Waals surface area (Å²) in [5, 5.41) is 16.2. The smallest absolute Gasteiger partial charge is 0.103 e. The van der Waals surface area contributed by atoms with E-state index in [9.17, 15) is 5.26 Å². The van der Waals surface area contributed by atoms with Gasteiger partial charge in [0.15, 0.2) is 0 Å². The number of pyridine rings is 1. The number of hydrogen-bond donors (Lipinski definition) is 2. The van der Waals surface area contributed by atoms with Crippen LogP contribution in [0.25, 0.3) is 0 Å². The topological polar surface area (TPSA) is 60.7 Å². The number of nitrogens with zero attached hydrogens (tertiary/aromatic N) is 2. The molecule has 0 bridgehead atoms. The predicted octanol–water partition coefficient (Wildman–Crippen LogP) is 2.12. The van der Waals surface area contributed by atoms with Gasteiger partial charge in [-0.15, -0.1) is 0 Å². The van der Waals surface area contributed by atoms with Crippen LogP contribution in [0.15, 0.2) is 6.07 Å². The van der Waals surface area contributed by atoms with E-state index in [0.29, 0.717) is 17.6 Å². The van der Waals surface area contributed by atoms with Gasteiger partial charge in [0.25, 0.3) is 0 Å². The van der Waals surface area contributed by atoms with Crippen LogP contribution < -0.4 is 10.6 Å². The second-order valence-corrected chi connectivity index (χ2v) is 5.02. The zero-order chi connectivity index (χ0) is 13.1. The fraction of sp³-hybridized carbons (Fsp3) is 0.571. The molecule has 1 aliphatic rings. The maximum atomic E-state index is 9.24. The molecule has 0 aliphatic carbocycles. The van der Waals surface area contributed by atoms with Gasteiger partial charge in [0.2, 0.25) is 0 Å². The molecule has 96 valence electrons. The van der Waals surface area contributed by atoms with E-state index in [1.807, 2.05) is 19.9 Å². The van der Waals surface area contributed by atoms with Crippen LogP contribution in [0, 0.1) is 25.2 Å². The summed E-state index contributed by atoms with van der Waals surface area (Å²) in [5.74, 6) is 0. The molecule has 0 radical (unpaired) electrons. The zero-order valence-electron chi connectivity index (χ0n) is 11.2. The first-order chi connectivity index (χ1) is 8.61. The van der Waals surface area contributed by atoms with E-state index in [2.05, 4.69) is 28.6 Å². The highest BCUT2D eigenvalue weighted by Crippen LogP contribution is 2.22. The first-order valence-corrected chi connectivity index (χ1v) is 6.50. The molecule has 4 heteroatoms. The molecule has 1 aromatic rings. The lowest BCUT2D eigenvalue weighted by molar-refractivity contribution is 0.389. The van der Waals surface area contributed by atoms with Crippen molar-refractivity contribution in [2.45, 2.75) is 45.7 Å². The van der Waals surface area contributed by atoms with Crippen molar-refractivity contribution in [3.63, 3.8) is 0 Å². The number of nitrogens with one attached hydrogen (secondary N) is 2. The summed E-state index contributed by atoms with van der Waals surface area (Å²) in [6, 6.07) is 5.03. The first kappa shape index (κ1) is 12.8. The maximum Gasteiger partial charge on any atom is 0.103 e. The van der Waals surface area contributed by atoms with Crippen molar-refractivity contribution in [1.82, 2.24) is 10.3 Å². The number of aryl methyl sites for hydroxylation is 2. The van der Waals surface area contributed by atoms with Crippen molar-refractivity contribution >= 4 is 5.69 Å². The Labute approximate surface area is 108 Å². The van der Waals surface area contributed by atoms with Gasteiger partial charge in [-0.05, 0) is 46.2 Å². The Bertz CT molecular complexity index is 475. The monoisotopic (exact) mass is 244 g/mol. The third kappa shape index (κ3) is 2.62. The summed E-state index contributed by atoms with van der Waals surface area (Å²) >= 11 is 0. The molecule has 1 fully saturated rings. The third-order valence-electron chi connectivity index (χ3n) is 3.54. The van der Waals surface area contributed by atoms with Crippen LogP contribution >= 0.6 is 0 Å². The molecule has 0 spiro atoms. The second kappa shape index (κ2) is 5.36. The largest absolute Gasteiger partial charge is 0.380 e. The molecule has 2 N–H and O–H groups in total. The number of aromatic nitrogens is 1. The lowest BCUT2D eigenvalue weighted by atomic mass is 9.99. The number of piperidine rings is 1. The molecule has 4 nitrogen and oxygen atoms in total. The Hall–Kier alpha value is -1.60. The van der Waals surface area contributed by atoms with Crippen LogP contribution in [0.3, 0.4) is 0 Å². The molecule has 1 saturated heterocycles. The minimum atomic E-state index is 0.382. The van der Waals surface area contributed by atoms with Gasteiger partial charge in [-0.1, -0.05) is 0 Å². The van der Waals surface area contributed by atoms with Crippen LogP contribution in [0.1, 0.15) is 36.7 Å². The molecule has 0 saturated carbocycles. The summed E-state index contributed by atoms with van der Waals surface area (Å²) in [5.41, 5.74) is 3.34. The Morgan fingerprint density at radius 2 is 2.28 bits per heavy atom. The Balaban J connectivity index is 2.25. The van der Waals surface area contributed by atoms with Crippen molar-refractivity contribution in [2.24, 2.45) is 0 Å². The maximum absolute atomic E-state index is 9.24. The van der Waals surface area contributed by atoms with Crippen LogP contribution in [-0.4, -0.2) is 23.6 Å². The molecule has 0 amide bonds. The Morgan fingerprint density at radius 3 is 2.94 bits per heavy atom. The van der Waals surface area contributed by atoms with Gasteiger partial charge in [-0.2, -0.15) is 5.26 Å². The predicted molar refractivity (Wildman–Crippen MR) is 72.5 cm³/mol. The lowest BCUT2D eigenvalue weighted by Crippen LogP contribution is -2.46. The minimum absolute atomic E-state index is 0.382. The molecule has 1 aromatic heterocycles. The molecule has 1 aliphatic heterocycles. The van der Waals surface area contributed by atoms with Crippen molar-refractivity contribution in [3.8, 4) is 6.07 Å². The Kier molecular flexibility index (Phi) is 3.83. The van der Waals surface area contributed by atoms with Crippen LogP contribution in [0.5, 0.6) is 0 Å². The number of hydrogen-bond acceptors (Lipinski definition) is 4. The molecular weight excluding hydrogens is 224 g/mol. The Morgan fingerprint density at radius 1 is 1.50 bits per heavy atom. The van der Waals surface area contributed by atoms with E-state index in [0.717, 1.165) is 30.0 Å². The number of anilines is 1. The van der Waals surface area contributed by atoms with Crippen LogP contribution in [-0.2, 0) is 0 Å². The van der Waals surface area contributed by atoms with E-state index in [1.54, 1.807) is 0 Å². The van der Waals surface area contributed by atoms with Gasteiger partial charge >= 0.3 is 0 Å². The first-order valence-electron chi connectivity index (χ1n) is 6.50. The lowest BCUT2D eigenvalue weighted by Gasteiger charge is -2.31. The third-order valence-corrected chi connectivity index (χ3v) is 3.54. The summed E-state index contributed by atoms with van der Waals surface area (Å²) < 4.78 is 0. The highest BCUT2D eigenvalue weighted by molar-refractivity contribution is 5.60. The molecule has 0 aromatic carbocycles. The molecule has 2 heterocycles. The average molecular weight is 244 g/mol. The number of rotatable bonds is 2. The van der Waals surface area contributed by atoms with Crippen LogP contribution in [0.4, 0.5) is 5.69 Å². The van der Waals surface area contributed by atoms with E-state index < -0.39 is 0 Å². The second-order valence-electron chi connectivity index (χ2n) is 5.02. The summed E-state index contributed by atoms with van der Waals surface area (Å²) in [6.45, 7) is 7.11. The van der Waals surface area contributed by atoms with Crippen molar-refractivity contribution < 1.29 is 0 Å². The molecular formula is C14H20N4. The summed E-state index contributed by atoms with van der Waals surface area (Å²) in [6.07, 6.45) is 2.31. The highest BCUT2D eigenvalue weighted by Gasteiger charge is 2.21. The fourth-order valence-electron chi connectivity index (χ4n) is 2.52. The van der Waals surface area contributed by atoms with Gasteiger partial charge in [-0.25, -0.2) is 0 Å². The summed E-state index contributed by atoms with van der Waals surface area (Å²) in [4.78, 5) is 4.34. The average Bonchev–Trinajstić information content (AvgIpc) is 2.31. The minimum Gasteiger partial charge on any atom is -0.380 e. The fourth-order valence-corrected chi connectivity index (χ4v) is 2.52. The standard InChI is InChI=1S/C14H20N4/c1-9-7-14(12(8-15)10(2)17-9)18-13-5-4-6-16-11(13)3/h7,11,13,16H,4-6H2,1-3H3,(H,17,18). The van der Waals surface area contributed by atoms with E-state index in [4.69, 9.17) is 0 Å². The van der Waals surface area contributed by atoms with E-state index in [-0.39, 0.29) is 0 Å². The van der Waals surface area contributed by atoms with Gasteiger partial charge in [0, 0.05) is 17.8 Å². The molecule has 2 unspecified atom stereocenters. The van der Waals surface area contributed by atoms with Crippen molar-refractivity contribution in [2.75, 3.05) is 11.9 Å². The van der Waals surface area contributed by atoms with Crippen molar-refractivity contribution in [1.29, 1.82) is 5.26 Å². The van der Waals surface area contributed by atoms with Gasteiger partial charge in [0.05, 0.1) is 16.9 Å².